The van der Waals surface area contributed by atoms with Crippen LogP contribution in [0.5, 0.6) is 0 Å². The number of carbonyl (C=O) groups is 2. The molecule has 2 saturated heterocycles. The second-order valence-electron chi connectivity index (χ2n) is 4.73. The lowest BCUT2D eigenvalue weighted by Gasteiger charge is -2.37. The SMILES string of the molecule is O=C(O)c1cc(N2CCCC3C(=O)NCC32)cs1. The number of carbonyl (C=O) groups excluding carboxylic acids is 1. The van der Waals surface area contributed by atoms with E-state index < -0.39 is 5.97 Å². The van der Waals surface area contributed by atoms with Gasteiger partial charge in [0, 0.05) is 24.2 Å². The van der Waals surface area contributed by atoms with Gasteiger partial charge in [-0.3, -0.25) is 4.79 Å². The van der Waals surface area contributed by atoms with Gasteiger partial charge in [-0.25, -0.2) is 4.79 Å². The first kappa shape index (κ1) is 11.5. The molecule has 3 heterocycles. The van der Waals surface area contributed by atoms with E-state index in [1.54, 1.807) is 6.07 Å². The van der Waals surface area contributed by atoms with Crippen LogP contribution >= 0.6 is 11.3 Å². The van der Waals surface area contributed by atoms with E-state index in [2.05, 4.69) is 10.2 Å². The number of piperidine rings is 1. The summed E-state index contributed by atoms with van der Waals surface area (Å²) in [6, 6.07) is 1.89. The van der Waals surface area contributed by atoms with Crippen molar-refractivity contribution in [2.45, 2.75) is 18.9 Å². The fourth-order valence-electron chi connectivity index (χ4n) is 2.86. The fraction of sp³-hybridized carbons (Fsp3) is 0.500. The standard InChI is InChI=1S/C12H14N2O3S/c15-11-8-2-1-3-14(9(8)5-13-11)7-4-10(12(16)17)18-6-7/h4,6,8-9H,1-3,5H2,(H,13,15)(H,16,17). The van der Waals surface area contributed by atoms with Crippen molar-refractivity contribution < 1.29 is 14.7 Å². The summed E-state index contributed by atoms with van der Waals surface area (Å²) in [5.74, 6) is -0.689. The molecule has 1 aromatic rings. The predicted octanol–water partition coefficient (Wildman–Crippen LogP) is 1.16. The lowest BCUT2D eigenvalue weighted by molar-refractivity contribution is -0.123. The molecule has 2 N–H and O–H groups in total. The zero-order chi connectivity index (χ0) is 12.7. The van der Waals surface area contributed by atoms with Crippen molar-refractivity contribution in [2.24, 2.45) is 5.92 Å². The molecule has 0 radical (unpaired) electrons. The van der Waals surface area contributed by atoms with Crippen molar-refractivity contribution in [3.8, 4) is 0 Å². The van der Waals surface area contributed by atoms with E-state index in [4.69, 9.17) is 5.11 Å². The van der Waals surface area contributed by atoms with Crippen LogP contribution in [-0.4, -0.2) is 36.1 Å². The Labute approximate surface area is 108 Å². The van der Waals surface area contributed by atoms with Crippen molar-refractivity contribution in [2.75, 3.05) is 18.0 Å². The van der Waals surface area contributed by atoms with Gasteiger partial charge in [0.05, 0.1) is 12.0 Å². The fourth-order valence-corrected chi connectivity index (χ4v) is 3.60. The maximum atomic E-state index is 11.7. The summed E-state index contributed by atoms with van der Waals surface area (Å²) in [7, 11) is 0. The highest BCUT2D eigenvalue weighted by atomic mass is 32.1. The summed E-state index contributed by atoms with van der Waals surface area (Å²) < 4.78 is 0. The number of hydrogen-bond acceptors (Lipinski definition) is 4. The Morgan fingerprint density at radius 3 is 3.11 bits per heavy atom. The first-order valence-corrected chi connectivity index (χ1v) is 6.91. The number of hydrogen-bond donors (Lipinski definition) is 2. The molecule has 96 valence electrons. The molecule has 2 unspecified atom stereocenters. The highest BCUT2D eigenvalue weighted by Crippen LogP contribution is 2.33. The van der Waals surface area contributed by atoms with Crippen molar-refractivity contribution >= 4 is 28.9 Å². The molecule has 0 spiro atoms. The van der Waals surface area contributed by atoms with Crippen LogP contribution in [0.4, 0.5) is 5.69 Å². The lowest BCUT2D eigenvalue weighted by atomic mass is 9.91. The molecule has 1 amide bonds. The molecule has 2 aliphatic rings. The molecular weight excluding hydrogens is 252 g/mol. The van der Waals surface area contributed by atoms with E-state index in [1.165, 1.54) is 11.3 Å². The van der Waals surface area contributed by atoms with Crippen molar-refractivity contribution in [1.29, 1.82) is 0 Å². The van der Waals surface area contributed by atoms with E-state index in [0.717, 1.165) is 25.1 Å². The predicted molar refractivity (Wildman–Crippen MR) is 68.1 cm³/mol. The van der Waals surface area contributed by atoms with Gasteiger partial charge in [-0.1, -0.05) is 0 Å². The average Bonchev–Trinajstić information content (AvgIpc) is 2.97. The number of thiophene rings is 1. The summed E-state index contributed by atoms with van der Waals surface area (Å²) in [4.78, 5) is 25.1. The first-order chi connectivity index (χ1) is 8.66. The summed E-state index contributed by atoms with van der Waals surface area (Å²) in [6.07, 6.45) is 1.91. The Hall–Kier alpha value is -1.56. The molecule has 6 heteroatoms. The third-order valence-electron chi connectivity index (χ3n) is 3.73. The molecule has 3 rings (SSSR count). The van der Waals surface area contributed by atoms with Gasteiger partial charge < -0.3 is 15.3 Å². The summed E-state index contributed by atoms with van der Waals surface area (Å²) in [5.41, 5.74) is 0.934. The third kappa shape index (κ3) is 1.77. The average molecular weight is 266 g/mol. The van der Waals surface area contributed by atoms with E-state index in [1.807, 2.05) is 5.38 Å². The van der Waals surface area contributed by atoms with Crippen molar-refractivity contribution in [3.63, 3.8) is 0 Å². The third-order valence-corrected chi connectivity index (χ3v) is 4.63. The molecule has 1 aromatic heterocycles. The molecule has 0 aliphatic carbocycles. The Balaban J connectivity index is 1.86. The summed E-state index contributed by atoms with van der Waals surface area (Å²) in [6.45, 7) is 1.56. The highest BCUT2D eigenvalue weighted by Gasteiger charge is 2.41. The monoisotopic (exact) mass is 266 g/mol. The number of fused-ring (bicyclic) bond motifs is 1. The van der Waals surface area contributed by atoms with Crippen LogP contribution in [0.3, 0.4) is 0 Å². The zero-order valence-corrected chi connectivity index (χ0v) is 10.6. The van der Waals surface area contributed by atoms with Crippen LogP contribution in [0.1, 0.15) is 22.5 Å². The topological polar surface area (TPSA) is 69.6 Å². The van der Waals surface area contributed by atoms with Crippen LogP contribution in [0.15, 0.2) is 11.4 Å². The largest absolute Gasteiger partial charge is 0.477 e. The minimum Gasteiger partial charge on any atom is -0.477 e. The number of anilines is 1. The Morgan fingerprint density at radius 2 is 2.39 bits per heavy atom. The molecule has 2 atom stereocenters. The maximum absolute atomic E-state index is 11.7. The van der Waals surface area contributed by atoms with Gasteiger partial charge in [-0.05, 0) is 18.9 Å². The molecular formula is C12H14N2O3S. The molecule has 2 aliphatic heterocycles. The number of carboxylic acid groups (broad SMARTS) is 1. The van der Waals surface area contributed by atoms with E-state index in [9.17, 15) is 9.59 Å². The van der Waals surface area contributed by atoms with Gasteiger partial charge in [0.25, 0.3) is 0 Å². The molecule has 0 saturated carbocycles. The van der Waals surface area contributed by atoms with Crippen LogP contribution in [0, 0.1) is 5.92 Å². The quantitative estimate of drug-likeness (QED) is 0.843. The van der Waals surface area contributed by atoms with Crippen LogP contribution in [-0.2, 0) is 4.79 Å². The molecule has 18 heavy (non-hydrogen) atoms. The minimum absolute atomic E-state index is 0.0620. The number of rotatable bonds is 2. The van der Waals surface area contributed by atoms with Gasteiger partial charge in [0.1, 0.15) is 4.88 Å². The Morgan fingerprint density at radius 1 is 1.56 bits per heavy atom. The zero-order valence-electron chi connectivity index (χ0n) is 9.76. The summed E-state index contributed by atoms with van der Waals surface area (Å²) in [5, 5.41) is 13.7. The molecule has 2 fully saturated rings. The van der Waals surface area contributed by atoms with Crippen LogP contribution < -0.4 is 10.2 Å². The summed E-state index contributed by atoms with van der Waals surface area (Å²) >= 11 is 1.24. The number of aromatic carboxylic acids is 1. The maximum Gasteiger partial charge on any atom is 0.345 e. The van der Waals surface area contributed by atoms with Gasteiger partial charge in [-0.2, -0.15) is 0 Å². The second-order valence-corrected chi connectivity index (χ2v) is 5.64. The van der Waals surface area contributed by atoms with Crippen molar-refractivity contribution in [3.05, 3.63) is 16.3 Å². The van der Waals surface area contributed by atoms with Crippen LogP contribution in [0.2, 0.25) is 0 Å². The first-order valence-electron chi connectivity index (χ1n) is 6.03. The van der Waals surface area contributed by atoms with E-state index in [-0.39, 0.29) is 17.9 Å². The van der Waals surface area contributed by atoms with Crippen molar-refractivity contribution in [1.82, 2.24) is 5.32 Å². The minimum atomic E-state index is -0.888. The molecule has 0 bridgehead atoms. The van der Waals surface area contributed by atoms with Crippen LogP contribution in [0.25, 0.3) is 0 Å². The van der Waals surface area contributed by atoms with Gasteiger partial charge in [-0.15, -0.1) is 11.3 Å². The lowest BCUT2D eigenvalue weighted by Crippen LogP contribution is -2.45. The number of nitrogens with zero attached hydrogens (tertiary/aromatic N) is 1. The van der Waals surface area contributed by atoms with E-state index >= 15 is 0 Å². The molecule has 0 aromatic carbocycles. The smallest absolute Gasteiger partial charge is 0.345 e. The number of amides is 1. The van der Waals surface area contributed by atoms with E-state index in [0.29, 0.717) is 11.4 Å². The normalized spacial score (nSPS) is 26.9. The number of carboxylic acids is 1. The number of nitrogens with one attached hydrogen (secondary N) is 1. The Bertz CT molecular complexity index is 499. The molecule has 5 nitrogen and oxygen atoms in total. The van der Waals surface area contributed by atoms with Gasteiger partial charge in [0.2, 0.25) is 5.91 Å². The highest BCUT2D eigenvalue weighted by molar-refractivity contribution is 7.12. The van der Waals surface area contributed by atoms with Gasteiger partial charge >= 0.3 is 5.97 Å². The second kappa shape index (κ2) is 4.28. The van der Waals surface area contributed by atoms with Gasteiger partial charge in [0.15, 0.2) is 0 Å². The Kier molecular flexibility index (Phi) is 2.74.